The van der Waals surface area contributed by atoms with Crippen LogP contribution in [0.1, 0.15) is 5.56 Å². The zero-order valence-electron chi connectivity index (χ0n) is 9.70. The van der Waals surface area contributed by atoms with Crippen LogP contribution in [-0.4, -0.2) is 19.7 Å². The predicted octanol–water partition coefficient (Wildman–Crippen LogP) is 0.918. The Kier molecular flexibility index (Phi) is 3.09. The average Bonchev–Trinajstić information content (AvgIpc) is 2.68. The molecule has 0 aliphatic carbocycles. The van der Waals surface area contributed by atoms with Crippen molar-refractivity contribution in [3.8, 4) is 0 Å². The van der Waals surface area contributed by atoms with Crippen molar-refractivity contribution in [2.24, 2.45) is 7.05 Å². The Morgan fingerprint density at radius 1 is 1.61 bits per heavy atom. The predicted molar refractivity (Wildman–Crippen MR) is 65.8 cm³/mol. The van der Waals surface area contributed by atoms with Crippen LogP contribution in [0.5, 0.6) is 0 Å². The first kappa shape index (κ1) is 11.8. The Morgan fingerprint density at radius 3 is 3.00 bits per heavy atom. The van der Waals surface area contributed by atoms with Crippen molar-refractivity contribution in [1.82, 2.24) is 14.8 Å². The van der Waals surface area contributed by atoms with Gasteiger partial charge in [0.25, 0.3) is 0 Å². The molecule has 0 aliphatic heterocycles. The minimum Gasteiger partial charge on any atom is -0.384 e. The molecule has 8 heteroatoms. The fraction of sp³-hybridized carbons (Fsp3) is 0.200. The summed E-state index contributed by atoms with van der Waals surface area (Å²) in [5.41, 5.74) is 6.90. The van der Waals surface area contributed by atoms with Gasteiger partial charge in [-0.05, 0) is 22.0 Å². The van der Waals surface area contributed by atoms with Gasteiger partial charge < -0.3 is 21.2 Å². The second-order valence-electron chi connectivity index (χ2n) is 3.66. The smallest absolute Gasteiger partial charge is 0.384 e. The normalized spacial score (nSPS) is 10.3. The molecular weight excluding hydrogens is 236 g/mol. The number of hydrogen-bond donors (Lipinski definition) is 2. The van der Waals surface area contributed by atoms with Crippen molar-refractivity contribution in [3.05, 3.63) is 40.2 Å². The van der Waals surface area contributed by atoms with E-state index in [4.69, 9.17) is 5.73 Å². The lowest BCUT2D eigenvalue weighted by Gasteiger charge is -2.05. The zero-order chi connectivity index (χ0) is 13.1. The number of nitrogens with zero attached hydrogens (tertiary/aromatic N) is 4. The third-order valence-corrected chi connectivity index (χ3v) is 2.49. The summed E-state index contributed by atoms with van der Waals surface area (Å²) in [6.45, 7) is 0.353. The summed E-state index contributed by atoms with van der Waals surface area (Å²) in [6.07, 6.45) is 2.99. The number of pyridine rings is 1. The van der Waals surface area contributed by atoms with Gasteiger partial charge in [0.05, 0.1) is 6.20 Å². The Balaban J connectivity index is 2.16. The van der Waals surface area contributed by atoms with Crippen molar-refractivity contribution in [2.75, 3.05) is 11.1 Å². The monoisotopic (exact) mass is 248 g/mol. The first-order valence-corrected chi connectivity index (χ1v) is 5.19. The summed E-state index contributed by atoms with van der Waals surface area (Å²) in [6, 6.07) is 3.22. The largest absolute Gasteiger partial charge is 0.386 e. The number of aryl methyl sites for hydroxylation is 1. The van der Waals surface area contributed by atoms with E-state index in [0.717, 1.165) is 5.56 Å². The molecule has 0 bridgehead atoms. The molecule has 18 heavy (non-hydrogen) atoms. The minimum atomic E-state index is -0.533. The lowest BCUT2D eigenvalue weighted by molar-refractivity contribution is -0.388. The number of rotatable bonds is 4. The van der Waals surface area contributed by atoms with Gasteiger partial charge in [-0.2, -0.15) is 5.10 Å². The number of anilines is 2. The van der Waals surface area contributed by atoms with Crippen LogP contribution in [0.4, 0.5) is 17.3 Å². The summed E-state index contributed by atoms with van der Waals surface area (Å²) in [4.78, 5) is 13.9. The van der Waals surface area contributed by atoms with E-state index in [9.17, 15) is 10.1 Å². The van der Waals surface area contributed by atoms with Gasteiger partial charge in [-0.15, -0.1) is 0 Å². The van der Waals surface area contributed by atoms with Crippen LogP contribution in [0.3, 0.4) is 0 Å². The van der Waals surface area contributed by atoms with Crippen LogP contribution >= 0.6 is 0 Å². The number of hydrogen-bond acceptors (Lipinski definition) is 6. The fourth-order valence-corrected chi connectivity index (χ4v) is 1.50. The van der Waals surface area contributed by atoms with E-state index in [1.54, 1.807) is 25.4 Å². The van der Waals surface area contributed by atoms with E-state index in [1.807, 2.05) is 0 Å². The van der Waals surface area contributed by atoms with E-state index in [-0.39, 0.29) is 5.82 Å². The Morgan fingerprint density at radius 2 is 2.39 bits per heavy atom. The first-order chi connectivity index (χ1) is 8.59. The van der Waals surface area contributed by atoms with Gasteiger partial charge in [0.1, 0.15) is 17.7 Å². The molecule has 0 unspecified atom stereocenters. The topological polar surface area (TPSA) is 112 Å². The van der Waals surface area contributed by atoms with Gasteiger partial charge in [-0.1, -0.05) is 0 Å². The summed E-state index contributed by atoms with van der Waals surface area (Å²) >= 11 is 0. The molecule has 0 atom stereocenters. The maximum Gasteiger partial charge on any atom is 0.386 e. The van der Waals surface area contributed by atoms with Crippen LogP contribution < -0.4 is 11.1 Å². The van der Waals surface area contributed by atoms with E-state index >= 15 is 0 Å². The molecule has 2 aromatic heterocycles. The number of nitro groups is 1. The van der Waals surface area contributed by atoms with Crippen molar-refractivity contribution in [1.29, 1.82) is 0 Å². The molecule has 0 spiro atoms. The maximum absolute atomic E-state index is 10.8. The van der Waals surface area contributed by atoms with E-state index in [1.165, 1.54) is 10.9 Å². The number of nitrogens with two attached hydrogens (primary N) is 1. The van der Waals surface area contributed by atoms with Crippen LogP contribution in [0.25, 0.3) is 0 Å². The van der Waals surface area contributed by atoms with Gasteiger partial charge >= 0.3 is 5.82 Å². The number of nitrogens with one attached hydrogen (secondary N) is 1. The van der Waals surface area contributed by atoms with Crippen LogP contribution in [-0.2, 0) is 13.6 Å². The zero-order valence-corrected chi connectivity index (χ0v) is 9.70. The Bertz CT molecular complexity index is 579. The molecule has 2 rings (SSSR count). The quantitative estimate of drug-likeness (QED) is 0.614. The number of aromatic nitrogens is 3. The summed E-state index contributed by atoms with van der Waals surface area (Å²) in [7, 11) is 1.73. The number of nitrogen functional groups attached to an aromatic ring is 1. The van der Waals surface area contributed by atoms with Gasteiger partial charge in [0, 0.05) is 19.2 Å². The van der Waals surface area contributed by atoms with Crippen molar-refractivity contribution in [3.63, 3.8) is 0 Å². The molecule has 0 amide bonds. The minimum absolute atomic E-state index is 0.208. The van der Waals surface area contributed by atoms with Gasteiger partial charge in [0.2, 0.25) is 0 Å². The lowest BCUT2D eigenvalue weighted by Crippen LogP contribution is -2.06. The van der Waals surface area contributed by atoms with E-state index in [0.29, 0.717) is 18.1 Å². The highest BCUT2D eigenvalue weighted by Gasteiger charge is 2.14. The van der Waals surface area contributed by atoms with Crippen LogP contribution in [0.15, 0.2) is 24.5 Å². The Hall–Kier alpha value is -2.64. The first-order valence-electron chi connectivity index (χ1n) is 5.19. The molecule has 0 aliphatic rings. The molecule has 0 radical (unpaired) electrons. The van der Waals surface area contributed by atoms with Gasteiger partial charge in [-0.25, -0.2) is 0 Å². The summed E-state index contributed by atoms with van der Waals surface area (Å²) in [5, 5.41) is 17.7. The maximum atomic E-state index is 10.8. The molecule has 2 aromatic rings. The average molecular weight is 248 g/mol. The fourth-order valence-electron chi connectivity index (χ4n) is 1.50. The van der Waals surface area contributed by atoms with E-state index < -0.39 is 4.92 Å². The molecule has 0 saturated heterocycles. The molecule has 0 saturated carbocycles. The lowest BCUT2D eigenvalue weighted by atomic mass is 10.3. The van der Waals surface area contributed by atoms with Crippen molar-refractivity contribution in [2.45, 2.75) is 6.54 Å². The second kappa shape index (κ2) is 4.70. The highest BCUT2D eigenvalue weighted by molar-refractivity contribution is 5.57. The van der Waals surface area contributed by atoms with Crippen LogP contribution in [0.2, 0.25) is 0 Å². The highest BCUT2D eigenvalue weighted by Crippen LogP contribution is 2.21. The van der Waals surface area contributed by atoms with Crippen molar-refractivity contribution < 1.29 is 4.92 Å². The van der Waals surface area contributed by atoms with Crippen molar-refractivity contribution >= 4 is 17.3 Å². The van der Waals surface area contributed by atoms with E-state index in [2.05, 4.69) is 15.4 Å². The summed E-state index contributed by atoms with van der Waals surface area (Å²) in [5.74, 6) is 0.314. The molecule has 3 N–H and O–H groups in total. The SMILES string of the molecule is Cn1ncc(CNc2cccnc2[N+](=O)[O-])c1N. The molecule has 2 heterocycles. The third kappa shape index (κ3) is 2.21. The second-order valence-corrected chi connectivity index (χ2v) is 3.66. The standard InChI is InChI=1S/C10H12N6O2/c1-15-9(11)7(6-14-15)5-13-8-3-2-4-12-10(8)16(17)18/h2-4,6,13H,5,11H2,1H3. The van der Waals surface area contributed by atoms with Gasteiger partial charge in [0.15, 0.2) is 0 Å². The highest BCUT2D eigenvalue weighted by atomic mass is 16.6. The van der Waals surface area contributed by atoms with Crippen LogP contribution in [0, 0.1) is 10.1 Å². The summed E-state index contributed by atoms with van der Waals surface area (Å²) < 4.78 is 1.54. The molecule has 8 nitrogen and oxygen atoms in total. The molecule has 94 valence electrons. The Labute approximate surface area is 103 Å². The third-order valence-electron chi connectivity index (χ3n) is 2.49. The molecule has 0 aromatic carbocycles. The molecule has 0 fully saturated rings. The molecular formula is C10H12N6O2. The van der Waals surface area contributed by atoms with Gasteiger partial charge in [-0.3, -0.25) is 4.68 Å².